The van der Waals surface area contributed by atoms with Crippen LogP contribution in [0, 0.1) is 17.5 Å². The molecule has 0 spiro atoms. The summed E-state index contributed by atoms with van der Waals surface area (Å²) in [7, 11) is 0. The first kappa shape index (κ1) is 22.9. The van der Waals surface area contributed by atoms with Crippen LogP contribution in [0.1, 0.15) is 36.9 Å². The van der Waals surface area contributed by atoms with Crippen molar-refractivity contribution in [3.05, 3.63) is 95.3 Å². The Bertz CT molecular complexity index is 1150. The molecule has 33 heavy (non-hydrogen) atoms. The molecule has 4 nitrogen and oxygen atoms in total. The zero-order valence-electron chi connectivity index (χ0n) is 18.1. The lowest BCUT2D eigenvalue weighted by atomic mass is 9.85. The molecule has 0 aromatic heterocycles. The normalized spacial score (nSPS) is 19.3. The van der Waals surface area contributed by atoms with Gasteiger partial charge in [0, 0.05) is 37.6 Å². The van der Waals surface area contributed by atoms with Crippen molar-refractivity contribution in [1.29, 1.82) is 0 Å². The fourth-order valence-corrected chi connectivity index (χ4v) is 4.46. The zero-order chi connectivity index (χ0) is 23.6. The highest BCUT2D eigenvalue weighted by molar-refractivity contribution is 5.73. The van der Waals surface area contributed by atoms with Crippen molar-refractivity contribution in [3.63, 3.8) is 0 Å². The number of rotatable bonds is 6. The van der Waals surface area contributed by atoms with Crippen LogP contribution in [0.5, 0.6) is 0 Å². The van der Waals surface area contributed by atoms with E-state index in [1.165, 1.54) is 24.3 Å². The second-order valence-electron chi connectivity index (χ2n) is 8.17. The zero-order valence-corrected chi connectivity index (χ0v) is 18.1. The van der Waals surface area contributed by atoms with Gasteiger partial charge in [0.15, 0.2) is 0 Å². The van der Waals surface area contributed by atoms with Gasteiger partial charge in [0.05, 0.1) is 6.04 Å². The van der Waals surface area contributed by atoms with Crippen LogP contribution in [0.2, 0.25) is 0 Å². The van der Waals surface area contributed by atoms with Crippen molar-refractivity contribution in [3.8, 4) is 11.1 Å². The van der Waals surface area contributed by atoms with Crippen molar-refractivity contribution < 1.29 is 27.8 Å². The predicted molar refractivity (Wildman–Crippen MR) is 118 cm³/mol. The number of amides is 1. The Kier molecular flexibility index (Phi) is 6.42. The van der Waals surface area contributed by atoms with Gasteiger partial charge in [-0.1, -0.05) is 36.4 Å². The van der Waals surface area contributed by atoms with Gasteiger partial charge in [-0.2, -0.15) is 0 Å². The molecule has 0 bridgehead atoms. The molecule has 0 saturated carbocycles. The average molecular weight is 455 g/mol. The Morgan fingerprint density at radius 3 is 2.36 bits per heavy atom. The van der Waals surface area contributed by atoms with E-state index in [9.17, 15) is 23.1 Å². The highest BCUT2D eigenvalue weighted by atomic mass is 19.1. The molecular formula is C26H24F3NO3. The number of carbonyl (C=O) groups is 1. The number of hydrogen-bond acceptors (Lipinski definition) is 3. The molecule has 7 heteroatoms. The van der Waals surface area contributed by atoms with Crippen LogP contribution in [0.4, 0.5) is 18.0 Å². The number of cyclic esters (lactones) is 1. The molecule has 1 aliphatic heterocycles. The first-order valence-corrected chi connectivity index (χ1v) is 10.8. The monoisotopic (exact) mass is 455 g/mol. The Morgan fingerprint density at radius 1 is 1.00 bits per heavy atom. The molecule has 1 saturated heterocycles. The average Bonchev–Trinajstić information content (AvgIpc) is 2.79. The molecule has 1 fully saturated rings. The van der Waals surface area contributed by atoms with Crippen molar-refractivity contribution in [2.75, 3.05) is 13.2 Å². The summed E-state index contributed by atoms with van der Waals surface area (Å²) in [6, 6.07) is 15.7. The molecular weight excluding hydrogens is 431 g/mol. The van der Waals surface area contributed by atoms with Crippen LogP contribution in [-0.4, -0.2) is 29.3 Å². The van der Waals surface area contributed by atoms with E-state index in [1.807, 2.05) is 6.92 Å². The summed E-state index contributed by atoms with van der Waals surface area (Å²) in [5.41, 5.74) is 1.05. The number of ether oxygens (including phenoxy) is 1. The molecule has 4 rings (SSSR count). The van der Waals surface area contributed by atoms with E-state index < -0.39 is 35.2 Å². The van der Waals surface area contributed by atoms with Crippen LogP contribution >= 0.6 is 0 Å². The molecule has 3 aromatic carbocycles. The molecule has 0 radical (unpaired) electrons. The Balaban J connectivity index is 1.63. The summed E-state index contributed by atoms with van der Waals surface area (Å²) in [6.45, 7) is 1.93. The first-order chi connectivity index (χ1) is 15.8. The highest BCUT2D eigenvalue weighted by Gasteiger charge is 2.43. The maximum absolute atomic E-state index is 14.5. The topological polar surface area (TPSA) is 49.8 Å². The summed E-state index contributed by atoms with van der Waals surface area (Å²) >= 11 is 0. The van der Waals surface area contributed by atoms with Gasteiger partial charge in [0.1, 0.15) is 23.1 Å². The van der Waals surface area contributed by atoms with Gasteiger partial charge in [-0.15, -0.1) is 0 Å². The number of aliphatic hydroxyl groups is 1. The summed E-state index contributed by atoms with van der Waals surface area (Å²) < 4.78 is 47.2. The molecule has 2 atom stereocenters. The number of hydrogen-bond donors (Lipinski definition) is 1. The lowest BCUT2D eigenvalue weighted by Crippen LogP contribution is -2.49. The van der Waals surface area contributed by atoms with Gasteiger partial charge >= 0.3 is 6.09 Å². The lowest BCUT2D eigenvalue weighted by molar-refractivity contribution is -0.0718. The quantitative estimate of drug-likeness (QED) is 0.500. The maximum atomic E-state index is 14.5. The van der Waals surface area contributed by atoms with Gasteiger partial charge in [0.25, 0.3) is 0 Å². The summed E-state index contributed by atoms with van der Waals surface area (Å²) in [4.78, 5) is 14.7. The molecule has 0 unspecified atom stereocenters. The smallest absolute Gasteiger partial charge is 0.411 e. The van der Waals surface area contributed by atoms with E-state index in [0.717, 1.165) is 6.07 Å². The van der Waals surface area contributed by atoms with Gasteiger partial charge < -0.3 is 14.7 Å². The van der Waals surface area contributed by atoms with E-state index in [-0.39, 0.29) is 18.6 Å². The molecule has 1 aliphatic rings. The van der Waals surface area contributed by atoms with E-state index in [2.05, 4.69) is 0 Å². The van der Waals surface area contributed by atoms with E-state index >= 15 is 0 Å². The van der Waals surface area contributed by atoms with Crippen molar-refractivity contribution >= 4 is 6.09 Å². The third-order valence-electron chi connectivity index (χ3n) is 6.26. The number of aliphatic hydroxyl groups excluding tert-OH is 1. The second kappa shape index (κ2) is 9.27. The number of benzene rings is 3. The fraction of sp³-hybridized carbons (Fsp3) is 0.269. The summed E-state index contributed by atoms with van der Waals surface area (Å²) in [5, 5.41) is 9.61. The van der Waals surface area contributed by atoms with Crippen molar-refractivity contribution in [1.82, 2.24) is 4.90 Å². The minimum absolute atomic E-state index is 0.184. The third kappa shape index (κ3) is 4.46. The Morgan fingerprint density at radius 2 is 1.70 bits per heavy atom. The minimum atomic E-state index is -1.06. The Hall–Kier alpha value is -3.32. The van der Waals surface area contributed by atoms with E-state index in [1.54, 1.807) is 41.3 Å². The lowest BCUT2D eigenvalue weighted by Gasteiger charge is -2.43. The highest BCUT2D eigenvalue weighted by Crippen LogP contribution is 2.41. The SMILES string of the molecule is C[C@@H](c1ccccc1-c1ccc(F)cc1F)N1CC[C@](CCO)(c2ccc(F)cc2)OC1=O. The van der Waals surface area contributed by atoms with Crippen LogP contribution < -0.4 is 0 Å². The van der Waals surface area contributed by atoms with Crippen LogP contribution in [-0.2, 0) is 10.3 Å². The van der Waals surface area contributed by atoms with E-state index in [4.69, 9.17) is 4.74 Å². The fourth-order valence-electron chi connectivity index (χ4n) is 4.46. The van der Waals surface area contributed by atoms with Crippen LogP contribution in [0.3, 0.4) is 0 Å². The summed E-state index contributed by atoms with van der Waals surface area (Å²) in [6.07, 6.45) is -0.00678. The third-order valence-corrected chi connectivity index (χ3v) is 6.26. The molecule has 0 aliphatic carbocycles. The number of nitrogens with zero attached hydrogens (tertiary/aromatic N) is 1. The van der Waals surface area contributed by atoms with Crippen LogP contribution in [0.25, 0.3) is 11.1 Å². The van der Waals surface area contributed by atoms with Crippen molar-refractivity contribution in [2.24, 2.45) is 0 Å². The van der Waals surface area contributed by atoms with Crippen LogP contribution in [0.15, 0.2) is 66.7 Å². The number of halogens is 3. The Labute approximate surface area is 190 Å². The van der Waals surface area contributed by atoms with E-state index in [0.29, 0.717) is 29.7 Å². The maximum Gasteiger partial charge on any atom is 0.411 e. The second-order valence-corrected chi connectivity index (χ2v) is 8.17. The molecule has 1 amide bonds. The van der Waals surface area contributed by atoms with Gasteiger partial charge in [-0.3, -0.25) is 0 Å². The molecule has 3 aromatic rings. The van der Waals surface area contributed by atoms with Crippen molar-refractivity contribution in [2.45, 2.75) is 31.4 Å². The largest absolute Gasteiger partial charge is 0.438 e. The first-order valence-electron chi connectivity index (χ1n) is 10.8. The standard InChI is InChI=1S/C26H24F3NO3/c1-17(21-4-2-3-5-22(21)23-11-10-20(28)16-24(23)29)30-14-12-26(13-15-31,33-25(30)32)18-6-8-19(27)9-7-18/h2-11,16-17,31H,12-15H2,1H3/t17-,26-/m0/s1. The molecule has 1 heterocycles. The molecule has 172 valence electrons. The predicted octanol–water partition coefficient (Wildman–Crippen LogP) is 5.95. The molecule has 1 N–H and O–H groups in total. The van der Waals surface area contributed by atoms with Gasteiger partial charge in [-0.05, 0) is 47.9 Å². The summed E-state index contributed by atoms with van der Waals surface area (Å²) in [5.74, 6) is -1.75. The minimum Gasteiger partial charge on any atom is -0.438 e. The van der Waals surface area contributed by atoms with Gasteiger partial charge in [0.2, 0.25) is 0 Å². The van der Waals surface area contributed by atoms with Gasteiger partial charge in [-0.25, -0.2) is 18.0 Å². The number of carbonyl (C=O) groups excluding carboxylic acids is 1.